The molecule has 4 rings (SSSR count). The highest BCUT2D eigenvalue weighted by Gasteiger charge is 2.42. The molecule has 0 saturated carbocycles. The van der Waals surface area contributed by atoms with Crippen LogP contribution in [0.4, 0.5) is 0 Å². The summed E-state index contributed by atoms with van der Waals surface area (Å²) >= 11 is 0. The number of ether oxygens (including phenoxy) is 1. The number of amides is 2. The Kier molecular flexibility index (Phi) is 7.82. The van der Waals surface area contributed by atoms with Crippen molar-refractivity contribution in [3.8, 4) is 18.1 Å². The van der Waals surface area contributed by atoms with E-state index >= 15 is 0 Å². The van der Waals surface area contributed by atoms with Gasteiger partial charge in [0, 0.05) is 29.5 Å². The molecule has 38 heavy (non-hydrogen) atoms. The van der Waals surface area contributed by atoms with Gasteiger partial charge in [0.25, 0.3) is 5.91 Å². The second-order valence-electron chi connectivity index (χ2n) is 10.9. The number of nitrogens with one attached hydrogen (secondary N) is 3. The number of carbonyl (C=O) groups is 2. The summed E-state index contributed by atoms with van der Waals surface area (Å²) in [5, 5.41) is 15.2. The molecule has 2 amide bonds. The average Bonchev–Trinajstić information content (AvgIpc) is 2.89. The summed E-state index contributed by atoms with van der Waals surface area (Å²) in [5.41, 5.74) is 1.41. The number of para-hydroxylation sites is 1. The van der Waals surface area contributed by atoms with Gasteiger partial charge in [-0.05, 0) is 56.9 Å². The van der Waals surface area contributed by atoms with Gasteiger partial charge >= 0.3 is 0 Å². The highest BCUT2D eigenvalue weighted by molar-refractivity contribution is 6.00. The normalized spacial score (nSPS) is 20.4. The molecule has 1 saturated heterocycles. The molecule has 2 aliphatic rings. The molecule has 2 aromatic carbocycles. The van der Waals surface area contributed by atoms with Crippen molar-refractivity contribution in [1.29, 1.82) is 5.41 Å². The van der Waals surface area contributed by atoms with Gasteiger partial charge in [-0.1, -0.05) is 44.2 Å². The monoisotopic (exact) mass is 514 g/mol. The Morgan fingerprint density at radius 1 is 1.24 bits per heavy atom. The van der Waals surface area contributed by atoms with Crippen molar-refractivity contribution in [2.45, 2.75) is 89.4 Å². The zero-order valence-corrected chi connectivity index (χ0v) is 22.8. The molecular formula is C31H38N4O3. The summed E-state index contributed by atoms with van der Waals surface area (Å²) < 4.78 is 6.11. The van der Waals surface area contributed by atoms with Gasteiger partial charge in [-0.15, -0.1) is 12.3 Å². The molecule has 200 valence electrons. The molecule has 2 aromatic rings. The highest BCUT2D eigenvalue weighted by atomic mass is 16.5. The first-order valence-electron chi connectivity index (χ1n) is 13.4. The summed E-state index contributed by atoms with van der Waals surface area (Å²) in [7, 11) is 0. The topological polar surface area (TPSA) is 94.5 Å². The van der Waals surface area contributed by atoms with Crippen LogP contribution in [0.15, 0.2) is 48.5 Å². The number of guanidine groups is 1. The Balaban J connectivity index is 1.60. The molecule has 0 radical (unpaired) electrons. The lowest BCUT2D eigenvalue weighted by Crippen LogP contribution is -2.62. The van der Waals surface area contributed by atoms with Gasteiger partial charge in [0.2, 0.25) is 5.91 Å². The van der Waals surface area contributed by atoms with E-state index < -0.39 is 17.2 Å². The van der Waals surface area contributed by atoms with Crippen LogP contribution in [0, 0.1) is 17.8 Å². The number of terminal acetylenes is 1. The van der Waals surface area contributed by atoms with Gasteiger partial charge in [-0.25, -0.2) is 0 Å². The smallest absolute Gasteiger partial charge is 0.251 e. The summed E-state index contributed by atoms with van der Waals surface area (Å²) in [6, 6.07) is 14.4. The maximum atomic E-state index is 13.5. The Hall–Kier alpha value is -3.79. The molecule has 2 atom stereocenters. The summed E-state index contributed by atoms with van der Waals surface area (Å²) in [6.07, 6.45) is 8.98. The van der Waals surface area contributed by atoms with Crippen molar-refractivity contribution in [2.24, 2.45) is 0 Å². The first-order valence-corrected chi connectivity index (χ1v) is 13.4. The summed E-state index contributed by atoms with van der Waals surface area (Å²) in [5.74, 6) is 3.23. The lowest BCUT2D eigenvalue weighted by atomic mass is 9.85. The fourth-order valence-electron chi connectivity index (χ4n) is 5.59. The molecule has 2 unspecified atom stereocenters. The molecule has 0 spiro atoms. The van der Waals surface area contributed by atoms with Gasteiger partial charge in [-0.3, -0.25) is 19.9 Å². The van der Waals surface area contributed by atoms with E-state index in [4.69, 9.17) is 16.6 Å². The molecular weight excluding hydrogens is 476 g/mol. The predicted molar refractivity (Wildman–Crippen MR) is 149 cm³/mol. The van der Waals surface area contributed by atoms with Crippen LogP contribution >= 0.6 is 0 Å². The third-order valence-electron chi connectivity index (χ3n) is 7.83. The molecule has 0 aliphatic carbocycles. The van der Waals surface area contributed by atoms with Gasteiger partial charge in [0.1, 0.15) is 11.4 Å². The third-order valence-corrected chi connectivity index (χ3v) is 7.83. The van der Waals surface area contributed by atoms with Crippen LogP contribution in [-0.4, -0.2) is 33.8 Å². The number of carbonyl (C=O) groups excluding carboxylic acids is 2. The van der Waals surface area contributed by atoms with Crippen molar-refractivity contribution in [1.82, 2.24) is 15.5 Å². The van der Waals surface area contributed by atoms with E-state index in [2.05, 4.69) is 16.6 Å². The zero-order chi connectivity index (χ0) is 27.5. The molecule has 0 aromatic heterocycles. The van der Waals surface area contributed by atoms with Gasteiger partial charge < -0.3 is 15.4 Å². The standard InChI is InChI=1S/C31H38N4O3/c1-6-9-16-25(35-27(36)20-31(7-2,8-3)34-29(35)32)21-13-12-14-22(18-21)28(37)33-24-19-30(4,5)38-26-17-11-10-15-23(24)26/h1,10-15,17-18,24-25H,7-9,16,19-20H2,2-5H3,(H2,32,34)(H,33,37). The minimum absolute atomic E-state index is 0.0860. The van der Waals surface area contributed by atoms with Crippen LogP contribution < -0.4 is 15.4 Å². The second kappa shape index (κ2) is 10.9. The van der Waals surface area contributed by atoms with Gasteiger partial charge in [-0.2, -0.15) is 0 Å². The van der Waals surface area contributed by atoms with Crippen LogP contribution in [0.25, 0.3) is 0 Å². The molecule has 2 heterocycles. The minimum atomic E-state index is -0.444. The van der Waals surface area contributed by atoms with E-state index in [1.807, 2.05) is 70.2 Å². The SMILES string of the molecule is C#CCCC(c1cccc(C(=O)NC2CC(C)(C)Oc3ccccc32)c1)N1C(=N)NC(CC)(CC)CC1=O. The quantitative estimate of drug-likeness (QED) is 0.406. The van der Waals surface area contributed by atoms with Crippen LogP contribution in [0.2, 0.25) is 0 Å². The van der Waals surface area contributed by atoms with Crippen LogP contribution in [0.3, 0.4) is 0 Å². The summed E-state index contributed by atoms with van der Waals surface area (Å²) in [6.45, 7) is 8.09. The lowest BCUT2D eigenvalue weighted by molar-refractivity contribution is -0.132. The van der Waals surface area contributed by atoms with Crippen LogP contribution in [0.1, 0.15) is 99.8 Å². The first-order chi connectivity index (χ1) is 18.1. The van der Waals surface area contributed by atoms with E-state index in [9.17, 15) is 9.59 Å². The number of hydrogen-bond donors (Lipinski definition) is 3. The Morgan fingerprint density at radius 3 is 2.66 bits per heavy atom. The van der Waals surface area contributed by atoms with Crippen molar-refractivity contribution in [2.75, 3.05) is 0 Å². The van der Waals surface area contributed by atoms with Crippen molar-refractivity contribution < 1.29 is 14.3 Å². The van der Waals surface area contributed by atoms with Crippen LogP contribution in [0.5, 0.6) is 5.75 Å². The van der Waals surface area contributed by atoms with Gasteiger partial charge in [0.05, 0.1) is 18.5 Å². The van der Waals surface area contributed by atoms with Crippen molar-refractivity contribution in [3.05, 3.63) is 65.2 Å². The first kappa shape index (κ1) is 27.3. The van der Waals surface area contributed by atoms with E-state index in [0.717, 1.165) is 29.7 Å². The van der Waals surface area contributed by atoms with Crippen molar-refractivity contribution >= 4 is 17.8 Å². The molecule has 2 aliphatic heterocycles. The highest BCUT2D eigenvalue weighted by Crippen LogP contribution is 2.39. The average molecular weight is 515 g/mol. The maximum Gasteiger partial charge on any atom is 0.251 e. The minimum Gasteiger partial charge on any atom is -0.487 e. The number of fused-ring (bicyclic) bond motifs is 1. The van der Waals surface area contributed by atoms with E-state index in [0.29, 0.717) is 31.2 Å². The number of hydrogen-bond acceptors (Lipinski definition) is 4. The molecule has 7 heteroatoms. The fraction of sp³-hybridized carbons (Fsp3) is 0.452. The number of rotatable bonds is 8. The Bertz CT molecular complexity index is 1240. The molecule has 1 fully saturated rings. The predicted octanol–water partition coefficient (Wildman–Crippen LogP) is 5.49. The largest absolute Gasteiger partial charge is 0.487 e. The lowest BCUT2D eigenvalue weighted by Gasteiger charge is -2.45. The molecule has 0 bridgehead atoms. The zero-order valence-electron chi connectivity index (χ0n) is 22.8. The summed E-state index contributed by atoms with van der Waals surface area (Å²) in [4.78, 5) is 28.4. The van der Waals surface area contributed by atoms with E-state index in [1.54, 1.807) is 6.07 Å². The molecule has 7 nitrogen and oxygen atoms in total. The number of benzene rings is 2. The fourth-order valence-corrected chi connectivity index (χ4v) is 5.59. The Morgan fingerprint density at radius 2 is 1.97 bits per heavy atom. The van der Waals surface area contributed by atoms with Gasteiger partial charge in [0.15, 0.2) is 5.96 Å². The Labute approximate surface area is 225 Å². The maximum absolute atomic E-state index is 13.5. The second-order valence-corrected chi connectivity index (χ2v) is 10.9. The number of nitrogens with zero attached hydrogens (tertiary/aromatic N) is 1. The van der Waals surface area contributed by atoms with E-state index in [-0.39, 0.29) is 23.8 Å². The van der Waals surface area contributed by atoms with Crippen molar-refractivity contribution in [3.63, 3.8) is 0 Å². The third kappa shape index (κ3) is 5.55. The molecule has 3 N–H and O–H groups in total. The van der Waals surface area contributed by atoms with E-state index in [1.165, 1.54) is 4.90 Å². The van der Waals surface area contributed by atoms with Crippen LogP contribution in [-0.2, 0) is 4.79 Å².